The molecule has 2 aliphatic heterocycles. The molecule has 2 aliphatic rings. The van der Waals surface area contributed by atoms with Crippen LogP contribution in [0.25, 0.3) is 0 Å². The molecule has 0 unspecified atom stereocenters. The highest BCUT2D eigenvalue weighted by atomic mass is 16.7. The van der Waals surface area contributed by atoms with Crippen LogP contribution in [0.3, 0.4) is 0 Å². The number of aliphatic imine (C=N–C) groups is 1. The van der Waals surface area contributed by atoms with Crippen LogP contribution < -0.4 is 20.1 Å². The van der Waals surface area contributed by atoms with Crippen LogP contribution >= 0.6 is 0 Å². The van der Waals surface area contributed by atoms with E-state index in [9.17, 15) is 5.11 Å². The number of aliphatic hydroxyl groups excluding tert-OH is 1. The number of ether oxygens (including phenoxy) is 2. The average molecular weight is 425 g/mol. The van der Waals surface area contributed by atoms with E-state index in [0.717, 1.165) is 62.0 Å². The number of guanidine groups is 1. The number of aliphatic hydroxyl groups is 1. The van der Waals surface area contributed by atoms with Gasteiger partial charge >= 0.3 is 0 Å². The molecule has 4 rings (SSSR count). The molecule has 7 nitrogen and oxygen atoms in total. The molecule has 2 aromatic rings. The van der Waals surface area contributed by atoms with Crippen molar-refractivity contribution in [3.05, 3.63) is 59.2 Å². The summed E-state index contributed by atoms with van der Waals surface area (Å²) in [4.78, 5) is 7.10. The SMILES string of the molecule is CCNC(=NCc1ccc2c(c1)OCO2)NCc1ccc(CN2CCC(O)CC2)cc1. The largest absolute Gasteiger partial charge is 0.454 e. The van der Waals surface area contributed by atoms with Crippen LogP contribution in [0.2, 0.25) is 0 Å². The molecule has 166 valence electrons. The summed E-state index contributed by atoms with van der Waals surface area (Å²) in [6, 6.07) is 14.7. The molecular formula is C24H32N4O3. The summed E-state index contributed by atoms with van der Waals surface area (Å²) >= 11 is 0. The van der Waals surface area contributed by atoms with Gasteiger partial charge in [-0.15, -0.1) is 0 Å². The summed E-state index contributed by atoms with van der Waals surface area (Å²) in [5.41, 5.74) is 3.60. The fourth-order valence-electron chi connectivity index (χ4n) is 3.84. The Morgan fingerprint density at radius 2 is 1.71 bits per heavy atom. The van der Waals surface area contributed by atoms with Crippen molar-refractivity contribution >= 4 is 5.96 Å². The third kappa shape index (κ3) is 6.12. The topological polar surface area (TPSA) is 78.4 Å². The summed E-state index contributed by atoms with van der Waals surface area (Å²) in [5.74, 6) is 2.36. The Balaban J connectivity index is 1.29. The van der Waals surface area contributed by atoms with Gasteiger partial charge in [-0.05, 0) is 48.6 Å². The monoisotopic (exact) mass is 424 g/mol. The van der Waals surface area contributed by atoms with Gasteiger partial charge < -0.3 is 25.2 Å². The Morgan fingerprint density at radius 3 is 2.48 bits per heavy atom. The Kier molecular flexibility index (Phi) is 7.27. The number of rotatable bonds is 7. The third-order valence-electron chi connectivity index (χ3n) is 5.65. The van der Waals surface area contributed by atoms with E-state index in [4.69, 9.17) is 14.5 Å². The van der Waals surface area contributed by atoms with Crippen LogP contribution in [0.15, 0.2) is 47.5 Å². The van der Waals surface area contributed by atoms with E-state index in [1.54, 1.807) is 0 Å². The molecule has 1 saturated heterocycles. The highest BCUT2D eigenvalue weighted by Crippen LogP contribution is 2.32. The highest BCUT2D eigenvalue weighted by molar-refractivity contribution is 5.79. The number of fused-ring (bicyclic) bond motifs is 1. The normalized spacial score (nSPS) is 17.0. The zero-order valence-electron chi connectivity index (χ0n) is 18.1. The Bertz CT molecular complexity index is 877. The van der Waals surface area contributed by atoms with E-state index in [0.29, 0.717) is 13.1 Å². The van der Waals surface area contributed by atoms with Crippen molar-refractivity contribution in [2.75, 3.05) is 26.4 Å². The van der Waals surface area contributed by atoms with E-state index in [-0.39, 0.29) is 12.9 Å². The van der Waals surface area contributed by atoms with Gasteiger partial charge in [0.2, 0.25) is 6.79 Å². The second-order valence-electron chi connectivity index (χ2n) is 8.06. The molecule has 0 bridgehead atoms. The fraction of sp³-hybridized carbons (Fsp3) is 0.458. The maximum absolute atomic E-state index is 9.65. The van der Waals surface area contributed by atoms with E-state index in [1.165, 1.54) is 11.1 Å². The minimum atomic E-state index is -0.123. The summed E-state index contributed by atoms with van der Waals surface area (Å²) in [5, 5.41) is 16.4. The molecule has 2 heterocycles. The van der Waals surface area contributed by atoms with Crippen molar-refractivity contribution in [2.24, 2.45) is 4.99 Å². The average Bonchev–Trinajstić information content (AvgIpc) is 3.26. The number of nitrogens with zero attached hydrogens (tertiary/aromatic N) is 2. The van der Waals surface area contributed by atoms with Crippen LogP contribution in [-0.4, -0.2) is 48.5 Å². The van der Waals surface area contributed by atoms with E-state index in [1.807, 2.05) is 18.2 Å². The Hall–Kier alpha value is -2.77. The predicted molar refractivity (Wildman–Crippen MR) is 121 cm³/mol. The van der Waals surface area contributed by atoms with Gasteiger partial charge in [0, 0.05) is 32.7 Å². The first-order valence-corrected chi connectivity index (χ1v) is 11.1. The molecule has 2 aromatic carbocycles. The molecule has 0 saturated carbocycles. The third-order valence-corrected chi connectivity index (χ3v) is 5.65. The maximum Gasteiger partial charge on any atom is 0.231 e. The number of benzene rings is 2. The lowest BCUT2D eigenvalue weighted by atomic mass is 10.1. The molecule has 0 aromatic heterocycles. The van der Waals surface area contributed by atoms with Gasteiger partial charge in [-0.1, -0.05) is 30.3 Å². The van der Waals surface area contributed by atoms with Crippen molar-refractivity contribution in [3.63, 3.8) is 0 Å². The Labute approximate surface area is 184 Å². The quantitative estimate of drug-likeness (QED) is 0.469. The minimum Gasteiger partial charge on any atom is -0.454 e. The van der Waals surface area contributed by atoms with E-state index in [2.05, 4.69) is 46.7 Å². The van der Waals surface area contributed by atoms with Gasteiger partial charge in [0.25, 0.3) is 0 Å². The summed E-state index contributed by atoms with van der Waals surface area (Å²) in [6.07, 6.45) is 1.63. The molecule has 3 N–H and O–H groups in total. The molecular weight excluding hydrogens is 392 g/mol. The van der Waals surface area contributed by atoms with Gasteiger partial charge in [-0.3, -0.25) is 4.90 Å². The van der Waals surface area contributed by atoms with Crippen molar-refractivity contribution in [2.45, 2.75) is 45.5 Å². The molecule has 0 aliphatic carbocycles. The predicted octanol–water partition coefficient (Wildman–Crippen LogP) is 2.63. The van der Waals surface area contributed by atoms with E-state index >= 15 is 0 Å². The lowest BCUT2D eigenvalue weighted by Crippen LogP contribution is -2.36. The number of likely N-dealkylation sites (tertiary alicyclic amines) is 1. The van der Waals surface area contributed by atoms with Crippen LogP contribution in [0.4, 0.5) is 0 Å². The van der Waals surface area contributed by atoms with Crippen molar-refractivity contribution in [3.8, 4) is 11.5 Å². The first kappa shape index (κ1) is 21.5. The van der Waals surface area contributed by atoms with Gasteiger partial charge in [-0.25, -0.2) is 4.99 Å². The van der Waals surface area contributed by atoms with Gasteiger partial charge in [-0.2, -0.15) is 0 Å². The molecule has 0 spiro atoms. The first-order valence-electron chi connectivity index (χ1n) is 11.1. The summed E-state index contributed by atoms with van der Waals surface area (Å²) < 4.78 is 10.8. The van der Waals surface area contributed by atoms with Crippen molar-refractivity contribution in [1.29, 1.82) is 0 Å². The number of piperidine rings is 1. The summed E-state index contributed by atoms with van der Waals surface area (Å²) in [7, 11) is 0. The van der Waals surface area contributed by atoms with Crippen LogP contribution in [0, 0.1) is 0 Å². The van der Waals surface area contributed by atoms with Crippen molar-refractivity contribution < 1.29 is 14.6 Å². The standard InChI is InChI=1S/C24H32N4O3/c1-2-25-24(27-15-20-7-8-22-23(13-20)31-17-30-22)26-14-18-3-5-19(6-4-18)16-28-11-9-21(29)10-12-28/h3-8,13,21,29H,2,9-12,14-17H2,1H3,(H2,25,26,27). The fourth-order valence-corrected chi connectivity index (χ4v) is 3.84. The van der Waals surface area contributed by atoms with Gasteiger partial charge in [0.15, 0.2) is 17.5 Å². The van der Waals surface area contributed by atoms with E-state index < -0.39 is 0 Å². The molecule has 1 fully saturated rings. The zero-order valence-corrected chi connectivity index (χ0v) is 18.1. The second-order valence-corrected chi connectivity index (χ2v) is 8.06. The zero-order chi connectivity index (χ0) is 21.5. The first-order chi connectivity index (χ1) is 15.2. The lowest BCUT2D eigenvalue weighted by molar-refractivity contribution is 0.0792. The highest BCUT2D eigenvalue weighted by Gasteiger charge is 2.17. The smallest absolute Gasteiger partial charge is 0.231 e. The lowest BCUT2D eigenvalue weighted by Gasteiger charge is -2.29. The van der Waals surface area contributed by atoms with Gasteiger partial charge in [0.1, 0.15) is 0 Å². The molecule has 7 heteroatoms. The van der Waals surface area contributed by atoms with Crippen molar-refractivity contribution in [1.82, 2.24) is 15.5 Å². The number of nitrogens with one attached hydrogen (secondary N) is 2. The molecule has 0 radical (unpaired) electrons. The Morgan fingerprint density at radius 1 is 1.00 bits per heavy atom. The molecule has 31 heavy (non-hydrogen) atoms. The molecule has 0 amide bonds. The second kappa shape index (κ2) is 10.5. The van der Waals surface area contributed by atoms with Crippen LogP contribution in [-0.2, 0) is 19.6 Å². The number of hydrogen-bond donors (Lipinski definition) is 3. The number of hydrogen-bond acceptors (Lipinski definition) is 5. The van der Waals surface area contributed by atoms with Gasteiger partial charge in [0.05, 0.1) is 12.6 Å². The minimum absolute atomic E-state index is 0.123. The van der Waals surface area contributed by atoms with Crippen LogP contribution in [0.1, 0.15) is 36.5 Å². The molecule has 0 atom stereocenters. The van der Waals surface area contributed by atoms with Crippen LogP contribution in [0.5, 0.6) is 11.5 Å². The summed E-state index contributed by atoms with van der Waals surface area (Å²) in [6.45, 7) is 7.31. The maximum atomic E-state index is 9.65.